The van der Waals surface area contributed by atoms with Gasteiger partial charge < -0.3 is 24.4 Å². The standard InChI is InChI=1S/C22H30N2O4/c1-24(2)18(17-8-6-7-9-19(17)26-3)15-23-22(25)13-11-16-10-12-20(27-4)21(14-16)28-5/h6-10,12,14,18H,11,13,15H2,1-5H3,(H,23,25). The Labute approximate surface area is 167 Å². The van der Waals surface area contributed by atoms with E-state index in [-0.39, 0.29) is 11.9 Å². The van der Waals surface area contributed by atoms with E-state index in [1.54, 1.807) is 21.3 Å². The van der Waals surface area contributed by atoms with Crippen molar-refractivity contribution in [3.8, 4) is 17.2 Å². The van der Waals surface area contributed by atoms with Crippen LogP contribution in [-0.2, 0) is 11.2 Å². The molecule has 0 aromatic heterocycles. The largest absolute Gasteiger partial charge is 0.496 e. The van der Waals surface area contributed by atoms with Gasteiger partial charge in [-0.3, -0.25) is 4.79 Å². The molecule has 0 radical (unpaired) electrons. The van der Waals surface area contributed by atoms with Crippen molar-refractivity contribution in [1.82, 2.24) is 10.2 Å². The summed E-state index contributed by atoms with van der Waals surface area (Å²) >= 11 is 0. The lowest BCUT2D eigenvalue weighted by Crippen LogP contribution is -2.34. The summed E-state index contributed by atoms with van der Waals surface area (Å²) in [7, 11) is 8.86. The van der Waals surface area contributed by atoms with Gasteiger partial charge in [0, 0.05) is 18.5 Å². The molecule has 152 valence electrons. The lowest BCUT2D eigenvalue weighted by Gasteiger charge is -2.26. The second kappa shape index (κ2) is 10.6. The van der Waals surface area contributed by atoms with E-state index in [0.717, 1.165) is 16.9 Å². The van der Waals surface area contributed by atoms with Crippen molar-refractivity contribution in [2.24, 2.45) is 0 Å². The van der Waals surface area contributed by atoms with Crippen molar-refractivity contribution in [3.05, 3.63) is 53.6 Å². The van der Waals surface area contributed by atoms with E-state index >= 15 is 0 Å². The van der Waals surface area contributed by atoms with Crippen LogP contribution in [0.2, 0.25) is 0 Å². The maximum absolute atomic E-state index is 12.4. The number of carbonyl (C=O) groups is 1. The maximum Gasteiger partial charge on any atom is 0.220 e. The van der Waals surface area contributed by atoms with Crippen LogP contribution in [0.4, 0.5) is 0 Å². The number of para-hydroxylation sites is 1. The number of ether oxygens (including phenoxy) is 3. The summed E-state index contributed by atoms with van der Waals surface area (Å²) in [5, 5.41) is 3.04. The summed E-state index contributed by atoms with van der Waals surface area (Å²) in [6, 6.07) is 13.6. The van der Waals surface area contributed by atoms with Gasteiger partial charge in [-0.2, -0.15) is 0 Å². The Balaban J connectivity index is 1.95. The molecule has 6 nitrogen and oxygen atoms in total. The van der Waals surface area contributed by atoms with Gasteiger partial charge in [-0.1, -0.05) is 24.3 Å². The molecule has 2 rings (SSSR count). The smallest absolute Gasteiger partial charge is 0.220 e. The van der Waals surface area contributed by atoms with Crippen molar-refractivity contribution >= 4 is 5.91 Å². The summed E-state index contributed by atoms with van der Waals surface area (Å²) < 4.78 is 16.0. The average Bonchev–Trinajstić information content (AvgIpc) is 2.72. The first-order valence-corrected chi connectivity index (χ1v) is 9.27. The zero-order chi connectivity index (χ0) is 20.5. The van der Waals surface area contributed by atoms with Crippen LogP contribution in [0.25, 0.3) is 0 Å². The number of hydrogen-bond acceptors (Lipinski definition) is 5. The highest BCUT2D eigenvalue weighted by atomic mass is 16.5. The Morgan fingerprint density at radius 1 is 0.964 bits per heavy atom. The van der Waals surface area contributed by atoms with Gasteiger partial charge in [0.15, 0.2) is 11.5 Å². The fourth-order valence-electron chi connectivity index (χ4n) is 3.11. The summed E-state index contributed by atoms with van der Waals surface area (Å²) in [6.07, 6.45) is 1.04. The van der Waals surface area contributed by atoms with Crippen molar-refractivity contribution in [2.45, 2.75) is 18.9 Å². The third-order valence-corrected chi connectivity index (χ3v) is 4.70. The van der Waals surface area contributed by atoms with E-state index < -0.39 is 0 Å². The first-order valence-electron chi connectivity index (χ1n) is 9.27. The van der Waals surface area contributed by atoms with Crippen molar-refractivity contribution in [2.75, 3.05) is 42.0 Å². The SMILES string of the molecule is COc1ccc(CCC(=O)NCC(c2ccccc2OC)N(C)C)cc1OC. The van der Waals surface area contributed by atoms with Crippen LogP contribution in [-0.4, -0.2) is 52.8 Å². The molecule has 0 saturated heterocycles. The second-order valence-corrected chi connectivity index (χ2v) is 6.71. The van der Waals surface area contributed by atoms with Gasteiger partial charge in [0.1, 0.15) is 5.75 Å². The van der Waals surface area contributed by atoms with Crippen LogP contribution in [0.5, 0.6) is 17.2 Å². The summed E-state index contributed by atoms with van der Waals surface area (Å²) in [6.45, 7) is 0.512. The minimum absolute atomic E-state index is 0.0107. The van der Waals surface area contributed by atoms with Crippen LogP contribution in [0.15, 0.2) is 42.5 Å². The van der Waals surface area contributed by atoms with E-state index in [2.05, 4.69) is 10.2 Å². The lowest BCUT2D eigenvalue weighted by molar-refractivity contribution is -0.121. The number of benzene rings is 2. The molecule has 0 aliphatic rings. The van der Waals surface area contributed by atoms with Gasteiger partial charge in [0.05, 0.1) is 27.4 Å². The van der Waals surface area contributed by atoms with Crippen LogP contribution in [0.3, 0.4) is 0 Å². The predicted octanol–water partition coefficient (Wildman–Crippen LogP) is 3.06. The van der Waals surface area contributed by atoms with Crippen molar-refractivity contribution < 1.29 is 19.0 Å². The van der Waals surface area contributed by atoms with Gasteiger partial charge in [0.2, 0.25) is 5.91 Å². The minimum Gasteiger partial charge on any atom is -0.496 e. The van der Waals surface area contributed by atoms with E-state index in [9.17, 15) is 4.79 Å². The zero-order valence-corrected chi connectivity index (χ0v) is 17.3. The first kappa shape index (κ1) is 21.6. The maximum atomic E-state index is 12.4. The van der Waals surface area contributed by atoms with Gasteiger partial charge in [-0.15, -0.1) is 0 Å². The number of hydrogen-bond donors (Lipinski definition) is 1. The Hall–Kier alpha value is -2.73. The third-order valence-electron chi connectivity index (χ3n) is 4.70. The molecular formula is C22H30N2O4. The number of likely N-dealkylation sites (N-methyl/N-ethyl adjacent to an activating group) is 1. The number of nitrogens with zero attached hydrogens (tertiary/aromatic N) is 1. The second-order valence-electron chi connectivity index (χ2n) is 6.71. The number of aryl methyl sites for hydroxylation is 1. The molecule has 6 heteroatoms. The molecule has 0 fully saturated rings. The van der Waals surface area contributed by atoms with Crippen molar-refractivity contribution in [3.63, 3.8) is 0 Å². The average molecular weight is 386 g/mol. The molecule has 0 saturated carbocycles. The highest BCUT2D eigenvalue weighted by molar-refractivity contribution is 5.76. The molecule has 1 N–H and O–H groups in total. The summed E-state index contributed by atoms with van der Waals surface area (Å²) in [5.74, 6) is 2.18. The van der Waals surface area contributed by atoms with Gasteiger partial charge in [-0.25, -0.2) is 0 Å². The fraction of sp³-hybridized carbons (Fsp3) is 0.409. The monoisotopic (exact) mass is 386 g/mol. The Morgan fingerprint density at radius 2 is 1.64 bits per heavy atom. The van der Waals surface area contributed by atoms with Crippen molar-refractivity contribution in [1.29, 1.82) is 0 Å². The molecule has 0 bridgehead atoms. The molecule has 28 heavy (non-hydrogen) atoms. The molecule has 2 aromatic rings. The van der Waals surface area contributed by atoms with Gasteiger partial charge >= 0.3 is 0 Å². The minimum atomic E-state index is 0.0107. The molecular weight excluding hydrogens is 356 g/mol. The lowest BCUT2D eigenvalue weighted by atomic mass is 10.0. The number of carbonyl (C=O) groups excluding carboxylic acids is 1. The fourth-order valence-corrected chi connectivity index (χ4v) is 3.11. The summed E-state index contributed by atoms with van der Waals surface area (Å²) in [5.41, 5.74) is 2.08. The Bertz CT molecular complexity index is 777. The first-order chi connectivity index (χ1) is 13.5. The van der Waals surface area contributed by atoms with E-state index in [4.69, 9.17) is 14.2 Å². The highest BCUT2D eigenvalue weighted by Crippen LogP contribution is 2.28. The normalized spacial score (nSPS) is 11.8. The predicted molar refractivity (Wildman–Crippen MR) is 110 cm³/mol. The topological polar surface area (TPSA) is 60.0 Å². The molecule has 0 spiro atoms. The van der Waals surface area contributed by atoms with Crippen LogP contribution in [0.1, 0.15) is 23.6 Å². The highest BCUT2D eigenvalue weighted by Gasteiger charge is 2.19. The number of methoxy groups -OCH3 is 3. The van der Waals surface area contributed by atoms with E-state index in [1.165, 1.54) is 0 Å². The van der Waals surface area contributed by atoms with Crippen LogP contribution in [0, 0.1) is 0 Å². The zero-order valence-electron chi connectivity index (χ0n) is 17.3. The number of nitrogens with one attached hydrogen (secondary N) is 1. The molecule has 0 aliphatic heterocycles. The molecule has 1 atom stereocenters. The molecule has 0 heterocycles. The molecule has 1 unspecified atom stereocenters. The quantitative estimate of drug-likeness (QED) is 0.680. The molecule has 2 aromatic carbocycles. The Morgan fingerprint density at radius 3 is 2.29 bits per heavy atom. The van der Waals surface area contributed by atoms with Crippen LogP contribution >= 0.6 is 0 Å². The number of amides is 1. The molecule has 0 aliphatic carbocycles. The van der Waals surface area contributed by atoms with Gasteiger partial charge in [0.25, 0.3) is 0 Å². The third kappa shape index (κ3) is 5.63. The molecule has 1 amide bonds. The van der Waals surface area contributed by atoms with E-state index in [0.29, 0.717) is 30.9 Å². The summed E-state index contributed by atoms with van der Waals surface area (Å²) in [4.78, 5) is 14.5. The Kier molecular flexibility index (Phi) is 8.14. The van der Waals surface area contributed by atoms with Crippen LogP contribution < -0.4 is 19.5 Å². The number of rotatable bonds is 10. The van der Waals surface area contributed by atoms with E-state index in [1.807, 2.05) is 56.6 Å². The van der Waals surface area contributed by atoms with Gasteiger partial charge in [-0.05, 0) is 44.3 Å².